The summed E-state index contributed by atoms with van der Waals surface area (Å²) >= 11 is 0. The fourth-order valence-corrected chi connectivity index (χ4v) is 4.36. The lowest BCUT2D eigenvalue weighted by Crippen LogP contribution is -2.43. The van der Waals surface area contributed by atoms with Crippen LogP contribution < -0.4 is 0 Å². The zero-order chi connectivity index (χ0) is 17.3. The average Bonchev–Trinajstić information content (AvgIpc) is 2.82. The van der Waals surface area contributed by atoms with Crippen molar-refractivity contribution in [2.45, 2.75) is 50.0 Å². The second-order valence-electron chi connectivity index (χ2n) is 6.59. The molecule has 6 nitrogen and oxygen atoms in total. The molecule has 24 heavy (non-hydrogen) atoms. The first kappa shape index (κ1) is 17.0. The Balaban J connectivity index is 1.95. The van der Waals surface area contributed by atoms with Gasteiger partial charge in [-0.05, 0) is 31.9 Å². The van der Waals surface area contributed by atoms with E-state index in [9.17, 15) is 13.2 Å². The number of hydrogen-bond donors (Lipinski definition) is 0. The minimum absolute atomic E-state index is 0.0585. The van der Waals surface area contributed by atoms with Crippen LogP contribution in [-0.2, 0) is 14.8 Å². The van der Waals surface area contributed by atoms with Gasteiger partial charge in [0.05, 0.1) is 4.90 Å². The number of aryl methyl sites for hydroxylation is 1. The number of benzene rings is 1. The number of likely N-dealkylation sites (N-methyl/N-ethyl adjacent to an activating group) is 1. The maximum Gasteiger partial charge on any atom is 0.285 e. The summed E-state index contributed by atoms with van der Waals surface area (Å²) < 4.78 is 29.3. The molecule has 1 saturated carbocycles. The van der Waals surface area contributed by atoms with E-state index in [-0.39, 0.29) is 29.3 Å². The van der Waals surface area contributed by atoms with E-state index in [4.69, 9.17) is 0 Å². The second kappa shape index (κ2) is 6.55. The zero-order valence-corrected chi connectivity index (χ0v) is 14.9. The number of amides is 1. The van der Waals surface area contributed by atoms with Crippen LogP contribution in [0.3, 0.4) is 0 Å². The first-order valence-electron chi connectivity index (χ1n) is 8.33. The van der Waals surface area contributed by atoms with E-state index < -0.39 is 10.0 Å². The molecule has 1 aliphatic heterocycles. The lowest BCUT2D eigenvalue weighted by molar-refractivity contribution is -0.126. The fourth-order valence-electron chi connectivity index (χ4n) is 3.34. The van der Waals surface area contributed by atoms with Crippen LogP contribution in [0.5, 0.6) is 0 Å². The molecule has 1 amide bonds. The van der Waals surface area contributed by atoms with Crippen LogP contribution in [0.1, 0.15) is 37.7 Å². The van der Waals surface area contributed by atoms with Crippen molar-refractivity contribution in [2.24, 2.45) is 4.40 Å². The van der Waals surface area contributed by atoms with Crippen LogP contribution in [0.25, 0.3) is 0 Å². The van der Waals surface area contributed by atoms with Crippen molar-refractivity contribution in [1.82, 2.24) is 9.80 Å². The Morgan fingerprint density at radius 2 is 1.71 bits per heavy atom. The van der Waals surface area contributed by atoms with Gasteiger partial charge in [0.15, 0.2) is 0 Å². The van der Waals surface area contributed by atoms with Crippen molar-refractivity contribution in [2.75, 3.05) is 13.6 Å². The molecule has 1 saturated heterocycles. The molecule has 3 rings (SSSR count). The second-order valence-corrected chi connectivity index (χ2v) is 8.20. The first-order chi connectivity index (χ1) is 11.4. The van der Waals surface area contributed by atoms with Crippen LogP contribution in [0, 0.1) is 6.92 Å². The van der Waals surface area contributed by atoms with Gasteiger partial charge in [-0.2, -0.15) is 8.42 Å². The quantitative estimate of drug-likeness (QED) is 0.838. The van der Waals surface area contributed by atoms with Crippen molar-refractivity contribution < 1.29 is 13.2 Å². The molecular weight excluding hydrogens is 326 g/mol. The standard InChI is InChI=1S/C17H23N3O3S/c1-13-8-10-15(11-9-13)24(22,23)18-17-19(2)12-16(21)20(17)14-6-4-3-5-7-14/h8-11,14H,3-7,12H2,1-2H3/b18-17+. The van der Waals surface area contributed by atoms with Gasteiger partial charge in [0.1, 0.15) is 6.54 Å². The molecule has 0 bridgehead atoms. The van der Waals surface area contributed by atoms with E-state index in [2.05, 4.69) is 4.40 Å². The highest BCUT2D eigenvalue weighted by molar-refractivity contribution is 7.90. The summed E-state index contributed by atoms with van der Waals surface area (Å²) in [7, 11) is -2.12. The molecule has 0 spiro atoms. The minimum Gasteiger partial charge on any atom is -0.335 e. The predicted octanol–water partition coefficient (Wildman–Crippen LogP) is 2.15. The maximum atomic E-state index is 12.6. The van der Waals surface area contributed by atoms with Crippen molar-refractivity contribution in [1.29, 1.82) is 0 Å². The summed E-state index contributed by atoms with van der Waals surface area (Å²) in [4.78, 5) is 15.7. The van der Waals surface area contributed by atoms with Crippen molar-refractivity contribution in [3.05, 3.63) is 29.8 Å². The highest BCUT2D eigenvalue weighted by Crippen LogP contribution is 2.27. The number of carbonyl (C=O) groups is 1. The number of sulfonamides is 1. The van der Waals surface area contributed by atoms with Crippen molar-refractivity contribution in [3.63, 3.8) is 0 Å². The van der Waals surface area contributed by atoms with E-state index in [0.29, 0.717) is 0 Å². The Morgan fingerprint density at radius 3 is 2.33 bits per heavy atom. The summed E-state index contributed by atoms with van der Waals surface area (Å²) in [6, 6.07) is 6.65. The van der Waals surface area contributed by atoms with Gasteiger partial charge in [-0.3, -0.25) is 9.69 Å². The summed E-state index contributed by atoms with van der Waals surface area (Å²) in [6.45, 7) is 2.08. The Morgan fingerprint density at radius 1 is 1.08 bits per heavy atom. The van der Waals surface area contributed by atoms with Gasteiger partial charge in [-0.25, -0.2) is 0 Å². The maximum absolute atomic E-state index is 12.6. The molecule has 0 unspecified atom stereocenters. The molecule has 1 heterocycles. The smallest absolute Gasteiger partial charge is 0.285 e. The lowest BCUT2D eigenvalue weighted by Gasteiger charge is -2.31. The molecule has 0 aromatic heterocycles. The minimum atomic E-state index is -3.84. The highest BCUT2D eigenvalue weighted by atomic mass is 32.2. The number of carbonyl (C=O) groups excluding carboxylic acids is 1. The molecule has 130 valence electrons. The van der Waals surface area contributed by atoms with Gasteiger partial charge in [-0.1, -0.05) is 37.0 Å². The SMILES string of the molecule is Cc1ccc(S(=O)(=O)/N=C2\N(C)CC(=O)N2C2CCCCC2)cc1. The number of nitrogens with zero attached hydrogens (tertiary/aromatic N) is 3. The van der Waals surface area contributed by atoms with Gasteiger partial charge in [0.2, 0.25) is 11.9 Å². The number of hydrogen-bond acceptors (Lipinski definition) is 3. The molecular formula is C17H23N3O3S. The lowest BCUT2D eigenvalue weighted by atomic mass is 9.94. The summed E-state index contributed by atoms with van der Waals surface area (Å²) in [5, 5.41) is 0. The topological polar surface area (TPSA) is 70.0 Å². The van der Waals surface area contributed by atoms with Crippen molar-refractivity contribution in [3.8, 4) is 0 Å². The number of guanidine groups is 1. The van der Waals surface area contributed by atoms with E-state index in [1.165, 1.54) is 6.42 Å². The highest BCUT2D eigenvalue weighted by Gasteiger charge is 2.38. The third kappa shape index (κ3) is 3.31. The zero-order valence-electron chi connectivity index (χ0n) is 14.1. The van der Waals surface area contributed by atoms with Crippen LogP contribution in [-0.4, -0.2) is 49.7 Å². The fraction of sp³-hybridized carbons (Fsp3) is 0.529. The molecule has 1 aromatic carbocycles. The van der Waals surface area contributed by atoms with E-state index >= 15 is 0 Å². The van der Waals surface area contributed by atoms with Crippen LogP contribution in [0.4, 0.5) is 0 Å². The van der Waals surface area contributed by atoms with Crippen LogP contribution in [0.2, 0.25) is 0 Å². The summed E-state index contributed by atoms with van der Waals surface area (Å²) in [6.07, 6.45) is 5.11. The largest absolute Gasteiger partial charge is 0.335 e. The monoisotopic (exact) mass is 349 g/mol. The van der Waals surface area contributed by atoms with Gasteiger partial charge in [0, 0.05) is 13.1 Å². The number of rotatable bonds is 3. The van der Waals surface area contributed by atoms with E-state index in [1.54, 1.807) is 41.1 Å². The molecule has 1 aromatic rings. The third-order valence-electron chi connectivity index (χ3n) is 4.66. The third-order valence-corrected chi connectivity index (χ3v) is 5.93. The van der Waals surface area contributed by atoms with Gasteiger partial charge < -0.3 is 4.90 Å². The molecule has 1 aliphatic carbocycles. The average molecular weight is 349 g/mol. The van der Waals surface area contributed by atoms with Gasteiger partial charge in [0.25, 0.3) is 10.0 Å². The first-order valence-corrected chi connectivity index (χ1v) is 9.77. The molecule has 7 heteroatoms. The molecule has 2 aliphatic rings. The Labute approximate surface area is 143 Å². The van der Waals surface area contributed by atoms with Crippen molar-refractivity contribution >= 4 is 21.9 Å². The van der Waals surface area contributed by atoms with E-state index in [1.807, 2.05) is 6.92 Å². The Bertz CT molecular complexity index is 750. The molecule has 0 atom stereocenters. The van der Waals surface area contributed by atoms with E-state index in [0.717, 1.165) is 31.2 Å². The summed E-state index contributed by atoms with van der Waals surface area (Å²) in [5.41, 5.74) is 0.985. The molecule has 0 N–H and O–H groups in total. The van der Waals surface area contributed by atoms with Crippen LogP contribution >= 0.6 is 0 Å². The van der Waals surface area contributed by atoms with Crippen LogP contribution in [0.15, 0.2) is 33.6 Å². The molecule has 0 radical (unpaired) electrons. The molecule has 2 fully saturated rings. The normalized spacial score (nSPS) is 21.8. The Hall–Kier alpha value is -1.89. The van der Waals surface area contributed by atoms with Gasteiger partial charge in [-0.15, -0.1) is 4.40 Å². The predicted molar refractivity (Wildman–Crippen MR) is 92.1 cm³/mol. The van der Waals surface area contributed by atoms with Gasteiger partial charge >= 0.3 is 0 Å². The summed E-state index contributed by atoms with van der Waals surface area (Å²) in [5.74, 6) is 0.190. The Kier molecular flexibility index (Phi) is 4.62.